The lowest BCUT2D eigenvalue weighted by atomic mass is 10.0. The number of hydrogen-bond acceptors (Lipinski definition) is 7. The Hall–Kier alpha value is -2.97. The molecule has 0 radical (unpaired) electrons. The summed E-state index contributed by atoms with van der Waals surface area (Å²) in [5.74, 6) is 1.55. The third kappa shape index (κ3) is 2.80. The number of piperidine rings is 1. The zero-order valence-corrected chi connectivity index (χ0v) is 13.1. The SMILES string of the molecule is O=c1ccc(N2CCCCC2CNc2ncnc3nc[nH]c23)n[nH]1. The number of aromatic nitrogens is 6. The number of aromatic amines is 2. The standard InChI is InChI=1S/C15H18N8O/c24-12-5-4-11(21-22-12)23-6-2-1-3-10(23)7-16-14-13-15(18-8-17-13)20-9-19-14/h4-5,8-10H,1-3,6-7H2,(H,22,24)(H2,16,17,18,19,20). The smallest absolute Gasteiger partial charge is 0.264 e. The molecule has 0 aromatic carbocycles. The first kappa shape index (κ1) is 14.6. The third-order valence-corrected chi connectivity index (χ3v) is 4.31. The Balaban J connectivity index is 1.52. The molecule has 24 heavy (non-hydrogen) atoms. The van der Waals surface area contributed by atoms with Gasteiger partial charge in [-0.1, -0.05) is 0 Å². The van der Waals surface area contributed by atoms with Crippen LogP contribution in [-0.2, 0) is 0 Å². The summed E-state index contributed by atoms with van der Waals surface area (Å²) in [5.41, 5.74) is 1.27. The highest BCUT2D eigenvalue weighted by molar-refractivity contribution is 5.81. The van der Waals surface area contributed by atoms with Crippen molar-refractivity contribution >= 4 is 22.8 Å². The average Bonchev–Trinajstić information content (AvgIpc) is 3.10. The molecule has 3 aromatic heterocycles. The minimum Gasteiger partial charge on any atom is -0.366 e. The minimum atomic E-state index is -0.187. The third-order valence-electron chi connectivity index (χ3n) is 4.31. The van der Waals surface area contributed by atoms with Crippen molar-refractivity contribution < 1.29 is 0 Å². The Kier molecular flexibility index (Phi) is 3.81. The monoisotopic (exact) mass is 326 g/mol. The Morgan fingerprint density at radius 1 is 1.25 bits per heavy atom. The van der Waals surface area contributed by atoms with E-state index in [1.807, 2.05) is 0 Å². The van der Waals surface area contributed by atoms with Crippen molar-refractivity contribution in [1.29, 1.82) is 0 Å². The van der Waals surface area contributed by atoms with Gasteiger partial charge >= 0.3 is 0 Å². The molecule has 4 heterocycles. The molecule has 9 heteroatoms. The van der Waals surface area contributed by atoms with Gasteiger partial charge in [0.05, 0.1) is 6.33 Å². The molecule has 1 unspecified atom stereocenters. The van der Waals surface area contributed by atoms with Crippen LogP contribution < -0.4 is 15.8 Å². The fourth-order valence-corrected chi connectivity index (χ4v) is 3.13. The van der Waals surface area contributed by atoms with E-state index in [4.69, 9.17) is 0 Å². The molecule has 9 nitrogen and oxygen atoms in total. The molecule has 124 valence electrons. The van der Waals surface area contributed by atoms with Crippen LogP contribution in [0.2, 0.25) is 0 Å². The number of nitrogens with one attached hydrogen (secondary N) is 3. The number of fused-ring (bicyclic) bond motifs is 1. The van der Waals surface area contributed by atoms with Crippen molar-refractivity contribution in [1.82, 2.24) is 30.1 Å². The van der Waals surface area contributed by atoms with Crippen LogP contribution in [-0.4, -0.2) is 49.3 Å². The Bertz CT molecular complexity index is 868. The van der Waals surface area contributed by atoms with Gasteiger partial charge in [0, 0.05) is 25.2 Å². The van der Waals surface area contributed by atoms with E-state index in [1.54, 1.807) is 12.4 Å². The normalized spacial score (nSPS) is 18.0. The van der Waals surface area contributed by atoms with E-state index < -0.39 is 0 Å². The summed E-state index contributed by atoms with van der Waals surface area (Å²) in [6.45, 7) is 1.65. The summed E-state index contributed by atoms with van der Waals surface area (Å²) < 4.78 is 0. The number of H-pyrrole nitrogens is 2. The van der Waals surface area contributed by atoms with Gasteiger partial charge in [-0.25, -0.2) is 20.1 Å². The Morgan fingerprint density at radius 3 is 3.08 bits per heavy atom. The number of anilines is 2. The summed E-state index contributed by atoms with van der Waals surface area (Å²) >= 11 is 0. The van der Waals surface area contributed by atoms with E-state index >= 15 is 0 Å². The maximum atomic E-state index is 11.2. The molecular formula is C15H18N8O. The summed E-state index contributed by atoms with van der Waals surface area (Å²) in [6.07, 6.45) is 6.48. The molecule has 0 saturated carbocycles. The van der Waals surface area contributed by atoms with E-state index in [0.717, 1.165) is 43.1 Å². The number of nitrogens with zero attached hydrogens (tertiary/aromatic N) is 5. The first-order valence-corrected chi connectivity index (χ1v) is 8.01. The van der Waals surface area contributed by atoms with Crippen molar-refractivity contribution in [3.63, 3.8) is 0 Å². The van der Waals surface area contributed by atoms with Crippen LogP contribution in [0.1, 0.15) is 19.3 Å². The van der Waals surface area contributed by atoms with Crippen LogP contribution in [0, 0.1) is 0 Å². The first-order chi connectivity index (χ1) is 11.8. The summed E-state index contributed by atoms with van der Waals surface area (Å²) in [7, 11) is 0. The van der Waals surface area contributed by atoms with Gasteiger partial charge in [0.15, 0.2) is 11.5 Å². The van der Waals surface area contributed by atoms with Crippen molar-refractivity contribution in [2.75, 3.05) is 23.3 Å². The first-order valence-electron chi connectivity index (χ1n) is 8.01. The maximum absolute atomic E-state index is 11.2. The average molecular weight is 326 g/mol. The van der Waals surface area contributed by atoms with Gasteiger partial charge < -0.3 is 15.2 Å². The van der Waals surface area contributed by atoms with Gasteiger partial charge in [0.2, 0.25) is 0 Å². The van der Waals surface area contributed by atoms with Crippen molar-refractivity contribution in [2.24, 2.45) is 0 Å². The molecule has 1 aliphatic heterocycles. The minimum absolute atomic E-state index is 0.187. The van der Waals surface area contributed by atoms with E-state index in [2.05, 4.69) is 40.3 Å². The second kappa shape index (κ2) is 6.26. The lowest BCUT2D eigenvalue weighted by molar-refractivity contribution is 0.467. The van der Waals surface area contributed by atoms with Gasteiger partial charge in [0.1, 0.15) is 17.7 Å². The van der Waals surface area contributed by atoms with Crippen LogP contribution in [0.25, 0.3) is 11.2 Å². The van der Waals surface area contributed by atoms with E-state index in [0.29, 0.717) is 5.65 Å². The molecule has 1 saturated heterocycles. The molecule has 0 aliphatic carbocycles. The van der Waals surface area contributed by atoms with E-state index in [-0.39, 0.29) is 11.6 Å². The Labute approximate surface area is 137 Å². The molecule has 1 aliphatic rings. The van der Waals surface area contributed by atoms with Gasteiger partial charge in [-0.3, -0.25) is 4.79 Å². The highest BCUT2D eigenvalue weighted by atomic mass is 16.1. The number of imidazole rings is 1. The maximum Gasteiger partial charge on any atom is 0.264 e. The van der Waals surface area contributed by atoms with Crippen molar-refractivity contribution in [3.05, 3.63) is 35.1 Å². The van der Waals surface area contributed by atoms with E-state index in [1.165, 1.54) is 18.8 Å². The van der Waals surface area contributed by atoms with Crippen LogP contribution in [0.15, 0.2) is 29.6 Å². The molecule has 1 fully saturated rings. The lowest BCUT2D eigenvalue weighted by Crippen LogP contribution is -2.44. The van der Waals surface area contributed by atoms with Crippen LogP contribution in [0.3, 0.4) is 0 Å². The molecule has 1 atom stereocenters. The van der Waals surface area contributed by atoms with Crippen LogP contribution in [0.5, 0.6) is 0 Å². The van der Waals surface area contributed by atoms with Crippen LogP contribution >= 0.6 is 0 Å². The second-order valence-electron chi connectivity index (χ2n) is 5.83. The van der Waals surface area contributed by atoms with E-state index in [9.17, 15) is 4.79 Å². The van der Waals surface area contributed by atoms with Gasteiger partial charge in [-0.15, -0.1) is 0 Å². The number of rotatable bonds is 4. The Morgan fingerprint density at radius 2 is 2.21 bits per heavy atom. The second-order valence-corrected chi connectivity index (χ2v) is 5.83. The zero-order chi connectivity index (χ0) is 16.4. The van der Waals surface area contributed by atoms with Crippen LogP contribution in [0.4, 0.5) is 11.6 Å². The fraction of sp³-hybridized carbons (Fsp3) is 0.400. The molecule has 0 spiro atoms. The predicted octanol–water partition coefficient (Wildman–Crippen LogP) is 0.907. The van der Waals surface area contributed by atoms with Gasteiger partial charge in [-0.2, -0.15) is 5.10 Å². The van der Waals surface area contributed by atoms with Crippen molar-refractivity contribution in [3.8, 4) is 0 Å². The molecular weight excluding hydrogens is 308 g/mol. The fourth-order valence-electron chi connectivity index (χ4n) is 3.13. The largest absolute Gasteiger partial charge is 0.366 e. The summed E-state index contributed by atoms with van der Waals surface area (Å²) in [4.78, 5) is 29.1. The topological polar surface area (TPSA) is 115 Å². The molecule has 0 amide bonds. The highest BCUT2D eigenvalue weighted by Crippen LogP contribution is 2.23. The molecule has 0 bridgehead atoms. The predicted molar refractivity (Wildman–Crippen MR) is 90.0 cm³/mol. The summed E-state index contributed by atoms with van der Waals surface area (Å²) in [5, 5.41) is 10.1. The summed E-state index contributed by atoms with van der Waals surface area (Å²) in [6, 6.07) is 3.57. The van der Waals surface area contributed by atoms with Crippen molar-refractivity contribution in [2.45, 2.75) is 25.3 Å². The molecule has 3 N–H and O–H groups in total. The quantitative estimate of drug-likeness (QED) is 0.652. The van der Waals surface area contributed by atoms with Gasteiger partial charge in [-0.05, 0) is 25.3 Å². The zero-order valence-electron chi connectivity index (χ0n) is 13.1. The highest BCUT2D eigenvalue weighted by Gasteiger charge is 2.24. The molecule has 4 rings (SSSR count). The van der Waals surface area contributed by atoms with Gasteiger partial charge in [0.25, 0.3) is 5.56 Å². The lowest BCUT2D eigenvalue weighted by Gasteiger charge is -2.36. The number of hydrogen-bond donors (Lipinski definition) is 3. The molecule has 3 aromatic rings.